The lowest BCUT2D eigenvalue weighted by Gasteiger charge is -2.17. The van der Waals surface area contributed by atoms with Crippen LogP contribution in [0.2, 0.25) is 0 Å². The highest BCUT2D eigenvalue weighted by Crippen LogP contribution is 2.33. The zero-order valence-corrected chi connectivity index (χ0v) is 8.79. The molecule has 1 aromatic carbocycles. The van der Waals surface area contributed by atoms with Gasteiger partial charge in [0.2, 0.25) is 0 Å². The van der Waals surface area contributed by atoms with Crippen molar-refractivity contribution in [3.63, 3.8) is 0 Å². The van der Waals surface area contributed by atoms with Crippen LogP contribution in [0.4, 0.5) is 0 Å². The largest absolute Gasteiger partial charge is 0.486 e. The molecule has 1 aliphatic rings. The number of carboxylic acids is 1. The Balaban J connectivity index is 2.12. The zero-order chi connectivity index (χ0) is 11.8. The molecule has 0 spiro atoms. The van der Waals surface area contributed by atoms with E-state index >= 15 is 0 Å². The van der Waals surface area contributed by atoms with Gasteiger partial charge in [-0.05, 0) is 0 Å². The first kappa shape index (κ1) is 9.88. The van der Waals surface area contributed by atoms with Crippen LogP contribution in [0.15, 0.2) is 12.1 Å². The lowest BCUT2D eigenvalue weighted by Crippen LogP contribution is -2.15. The molecule has 7 heteroatoms. The molecule has 0 saturated heterocycles. The van der Waals surface area contributed by atoms with Gasteiger partial charge in [0.15, 0.2) is 11.5 Å². The molecule has 0 atom stereocenters. The first-order valence-electron chi connectivity index (χ1n) is 5.09. The first-order valence-corrected chi connectivity index (χ1v) is 5.09. The number of rotatable bonds is 2. The van der Waals surface area contributed by atoms with Gasteiger partial charge in [-0.15, -0.1) is 5.10 Å². The van der Waals surface area contributed by atoms with Crippen molar-refractivity contribution in [2.75, 3.05) is 13.2 Å². The Bertz CT molecular complexity index is 592. The first-order chi connectivity index (χ1) is 8.24. The molecular weight excluding hydrogens is 226 g/mol. The molecule has 7 nitrogen and oxygen atoms in total. The van der Waals surface area contributed by atoms with Crippen LogP contribution in [0.25, 0.3) is 11.0 Å². The van der Waals surface area contributed by atoms with E-state index in [-0.39, 0.29) is 6.54 Å². The summed E-state index contributed by atoms with van der Waals surface area (Å²) in [5.41, 5.74) is 1.21. The maximum absolute atomic E-state index is 10.7. The molecule has 2 aromatic rings. The third kappa shape index (κ3) is 1.65. The van der Waals surface area contributed by atoms with Crippen LogP contribution in [0.3, 0.4) is 0 Å². The molecule has 0 radical (unpaired) electrons. The van der Waals surface area contributed by atoms with Crippen molar-refractivity contribution in [3.05, 3.63) is 12.1 Å². The number of benzene rings is 1. The van der Waals surface area contributed by atoms with Gasteiger partial charge in [-0.3, -0.25) is 4.79 Å². The fourth-order valence-electron chi connectivity index (χ4n) is 1.75. The van der Waals surface area contributed by atoms with Crippen molar-refractivity contribution in [3.8, 4) is 11.5 Å². The molecule has 0 fully saturated rings. The van der Waals surface area contributed by atoms with Gasteiger partial charge in [0.1, 0.15) is 25.3 Å². The number of aromatic nitrogens is 3. The van der Waals surface area contributed by atoms with Crippen molar-refractivity contribution in [1.82, 2.24) is 15.0 Å². The van der Waals surface area contributed by atoms with Gasteiger partial charge in [0, 0.05) is 12.1 Å². The van der Waals surface area contributed by atoms with Crippen molar-refractivity contribution < 1.29 is 19.4 Å². The molecule has 1 N–H and O–H groups in total. The quantitative estimate of drug-likeness (QED) is 0.804. The van der Waals surface area contributed by atoms with Gasteiger partial charge in [-0.25, -0.2) is 4.68 Å². The maximum atomic E-state index is 10.7. The van der Waals surface area contributed by atoms with Crippen LogP contribution in [-0.2, 0) is 11.3 Å². The topological polar surface area (TPSA) is 86.5 Å². The van der Waals surface area contributed by atoms with Gasteiger partial charge < -0.3 is 14.6 Å². The van der Waals surface area contributed by atoms with Gasteiger partial charge in [0.05, 0.1) is 5.52 Å². The Kier molecular flexibility index (Phi) is 2.10. The van der Waals surface area contributed by atoms with Crippen LogP contribution < -0.4 is 9.47 Å². The summed E-state index contributed by atoms with van der Waals surface area (Å²) in [6.45, 7) is 0.761. The Labute approximate surface area is 95.5 Å². The smallest absolute Gasteiger partial charge is 0.325 e. The van der Waals surface area contributed by atoms with E-state index in [1.807, 2.05) is 0 Å². The van der Waals surface area contributed by atoms with Crippen LogP contribution in [0.1, 0.15) is 0 Å². The molecule has 2 heterocycles. The maximum Gasteiger partial charge on any atom is 0.325 e. The summed E-state index contributed by atoms with van der Waals surface area (Å²) in [6, 6.07) is 3.40. The summed E-state index contributed by atoms with van der Waals surface area (Å²) in [5, 5.41) is 16.4. The van der Waals surface area contributed by atoms with Gasteiger partial charge in [0.25, 0.3) is 0 Å². The molecule has 17 heavy (non-hydrogen) atoms. The molecule has 1 aromatic heterocycles. The number of fused-ring (bicyclic) bond motifs is 2. The van der Waals surface area contributed by atoms with Gasteiger partial charge in [-0.2, -0.15) is 0 Å². The lowest BCUT2D eigenvalue weighted by atomic mass is 10.2. The van der Waals surface area contributed by atoms with Gasteiger partial charge >= 0.3 is 5.97 Å². The Morgan fingerprint density at radius 1 is 1.35 bits per heavy atom. The van der Waals surface area contributed by atoms with E-state index in [0.717, 1.165) is 0 Å². The van der Waals surface area contributed by atoms with Crippen LogP contribution >= 0.6 is 0 Å². The number of carbonyl (C=O) groups is 1. The van der Waals surface area contributed by atoms with Crippen LogP contribution in [0, 0.1) is 0 Å². The monoisotopic (exact) mass is 235 g/mol. The summed E-state index contributed by atoms with van der Waals surface area (Å²) < 4.78 is 12.1. The van der Waals surface area contributed by atoms with E-state index in [9.17, 15) is 4.79 Å². The number of hydrogen-bond acceptors (Lipinski definition) is 5. The normalized spacial score (nSPS) is 13.9. The highest BCUT2D eigenvalue weighted by atomic mass is 16.6. The summed E-state index contributed by atoms with van der Waals surface area (Å²) >= 11 is 0. The van der Waals surface area contributed by atoms with E-state index in [0.29, 0.717) is 35.7 Å². The Morgan fingerprint density at radius 2 is 2.06 bits per heavy atom. The zero-order valence-electron chi connectivity index (χ0n) is 8.79. The SMILES string of the molecule is O=C(O)Cn1nnc2cc3c(cc21)OCCO3. The molecular formula is C10H9N3O4. The minimum absolute atomic E-state index is 0.226. The predicted octanol–water partition coefficient (Wildman–Crippen LogP) is 0.287. The van der Waals surface area contributed by atoms with E-state index in [2.05, 4.69) is 10.3 Å². The molecule has 1 aliphatic heterocycles. The number of nitrogens with zero attached hydrogens (tertiary/aromatic N) is 3. The highest BCUT2D eigenvalue weighted by molar-refractivity contribution is 5.80. The number of ether oxygens (including phenoxy) is 2. The third-order valence-corrected chi connectivity index (χ3v) is 2.46. The Morgan fingerprint density at radius 3 is 2.76 bits per heavy atom. The molecule has 0 amide bonds. The molecule has 0 bridgehead atoms. The fourth-order valence-corrected chi connectivity index (χ4v) is 1.75. The van der Waals surface area contributed by atoms with E-state index < -0.39 is 5.97 Å². The summed E-state index contributed by atoms with van der Waals surface area (Å²) in [5.74, 6) is 0.246. The predicted molar refractivity (Wildman–Crippen MR) is 56.2 cm³/mol. The van der Waals surface area contributed by atoms with Crippen molar-refractivity contribution in [1.29, 1.82) is 0 Å². The van der Waals surface area contributed by atoms with Crippen molar-refractivity contribution >= 4 is 17.0 Å². The van der Waals surface area contributed by atoms with Crippen molar-refractivity contribution in [2.24, 2.45) is 0 Å². The molecule has 0 unspecified atom stereocenters. The summed E-state index contributed by atoms with van der Waals surface area (Å²) in [4.78, 5) is 10.7. The molecule has 3 rings (SSSR count). The average molecular weight is 235 g/mol. The molecule has 0 saturated carbocycles. The average Bonchev–Trinajstić information content (AvgIpc) is 2.68. The third-order valence-electron chi connectivity index (χ3n) is 2.46. The van der Waals surface area contributed by atoms with Crippen LogP contribution in [0.5, 0.6) is 11.5 Å². The lowest BCUT2D eigenvalue weighted by molar-refractivity contribution is -0.137. The van der Waals surface area contributed by atoms with Gasteiger partial charge in [-0.1, -0.05) is 5.21 Å². The summed E-state index contributed by atoms with van der Waals surface area (Å²) in [6.07, 6.45) is 0. The second kappa shape index (κ2) is 3.62. The minimum Gasteiger partial charge on any atom is -0.486 e. The van der Waals surface area contributed by atoms with E-state index in [1.54, 1.807) is 12.1 Å². The van der Waals surface area contributed by atoms with Crippen LogP contribution in [-0.4, -0.2) is 39.3 Å². The second-order valence-electron chi connectivity index (χ2n) is 3.63. The van der Waals surface area contributed by atoms with E-state index in [1.165, 1.54) is 4.68 Å². The fraction of sp³-hybridized carbons (Fsp3) is 0.300. The second-order valence-corrected chi connectivity index (χ2v) is 3.63. The number of aliphatic carboxylic acids is 1. The number of carboxylic acid groups (broad SMARTS) is 1. The highest BCUT2D eigenvalue weighted by Gasteiger charge is 2.16. The Hall–Kier alpha value is -2.31. The van der Waals surface area contributed by atoms with E-state index in [4.69, 9.17) is 14.6 Å². The molecule has 0 aliphatic carbocycles. The van der Waals surface area contributed by atoms with Crippen molar-refractivity contribution in [2.45, 2.75) is 6.54 Å². The summed E-state index contributed by atoms with van der Waals surface area (Å²) in [7, 11) is 0. The number of hydrogen-bond donors (Lipinski definition) is 1. The minimum atomic E-state index is -0.966. The standard InChI is InChI=1S/C10H9N3O4/c14-10(15)5-13-7-4-9-8(16-1-2-17-9)3-6(7)11-12-13/h3-4H,1-2,5H2,(H,14,15). The molecule has 88 valence electrons.